The Morgan fingerprint density at radius 2 is 1.70 bits per heavy atom. The van der Waals surface area contributed by atoms with Gasteiger partial charge in [0.15, 0.2) is 6.10 Å². The average Bonchev–Trinajstić information content (AvgIpc) is 2.98. The number of β-lactam (4-membered cyclic amide) rings is 1. The van der Waals surface area contributed by atoms with Crippen LogP contribution in [0.15, 0.2) is 47.4 Å². The van der Waals surface area contributed by atoms with Crippen LogP contribution in [0, 0.1) is 20.8 Å². The summed E-state index contributed by atoms with van der Waals surface area (Å²) in [7, 11) is -4.17. The van der Waals surface area contributed by atoms with Crippen LogP contribution in [0.2, 0.25) is 0 Å². The summed E-state index contributed by atoms with van der Waals surface area (Å²) in [6.45, 7) is 9.09. The molecule has 9 heteroatoms. The van der Waals surface area contributed by atoms with Gasteiger partial charge in [0.2, 0.25) is 0 Å². The van der Waals surface area contributed by atoms with E-state index in [4.69, 9.17) is 8.92 Å². The molecule has 4 rings (SSSR count). The number of esters is 1. The summed E-state index contributed by atoms with van der Waals surface area (Å²) in [6.07, 6.45) is -1.17. The van der Waals surface area contributed by atoms with E-state index in [2.05, 4.69) is 0 Å². The number of carbonyl (C=O) groups excluding carboxylic acids is 2. The fourth-order valence-electron chi connectivity index (χ4n) is 4.60. The lowest BCUT2D eigenvalue weighted by atomic mass is 9.97. The minimum Gasteiger partial charge on any atom is -0.459 e. The molecular weight excluding hydrogens is 462 g/mol. The fourth-order valence-corrected chi connectivity index (χ4v) is 7.73. The zero-order chi connectivity index (χ0) is 24.1. The van der Waals surface area contributed by atoms with Crippen LogP contribution in [-0.4, -0.2) is 47.5 Å². The second-order valence-corrected chi connectivity index (χ2v) is 12.3. The number of amides is 1. The Morgan fingerprint density at radius 3 is 2.30 bits per heavy atom. The van der Waals surface area contributed by atoms with Gasteiger partial charge in [-0.15, -0.1) is 11.8 Å². The van der Waals surface area contributed by atoms with Crippen molar-refractivity contribution >= 4 is 33.8 Å². The molecule has 2 aliphatic rings. The minimum atomic E-state index is -4.17. The molecule has 0 bridgehead atoms. The molecule has 0 saturated carbocycles. The Kier molecular flexibility index (Phi) is 6.09. The van der Waals surface area contributed by atoms with Crippen LogP contribution >= 0.6 is 11.8 Å². The van der Waals surface area contributed by atoms with Gasteiger partial charge in [-0.2, -0.15) is 8.42 Å². The van der Waals surface area contributed by atoms with Gasteiger partial charge >= 0.3 is 5.97 Å². The third-order valence-electron chi connectivity index (χ3n) is 5.92. The van der Waals surface area contributed by atoms with Gasteiger partial charge in [0.1, 0.15) is 18.0 Å². The van der Waals surface area contributed by atoms with Crippen molar-refractivity contribution in [3.63, 3.8) is 0 Å². The number of thioether (sulfide) groups is 1. The summed E-state index contributed by atoms with van der Waals surface area (Å²) in [5.41, 5.74) is 2.92. The highest BCUT2D eigenvalue weighted by molar-refractivity contribution is 8.01. The van der Waals surface area contributed by atoms with Gasteiger partial charge in [-0.05, 0) is 51.3 Å². The van der Waals surface area contributed by atoms with Crippen molar-refractivity contribution in [2.75, 3.05) is 0 Å². The van der Waals surface area contributed by atoms with Gasteiger partial charge in [0.25, 0.3) is 16.0 Å². The lowest BCUT2D eigenvalue weighted by Gasteiger charge is -2.42. The number of rotatable bonds is 6. The Balaban J connectivity index is 1.51. The van der Waals surface area contributed by atoms with Crippen molar-refractivity contribution in [3.8, 4) is 0 Å². The number of aryl methyl sites for hydroxylation is 3. The van der Waals surface area contributed by atoms with Crippen molar-refractivity contribution in [1.82, 2.24) is 4.90 Å². The van der Waals surface area contributed by atoms with E-state index in [-0.39, 0.29) is 11.5 Å². The first-order valence-corrected chi connectivity index (χ1v) is 12.9. The zero-order valence-corrected chi connectivity index (χ0v) is 20.8. The van der Waals surface area contributed by atoms with Crippen LogP contribution in [0.3, 0.4) is 0 Å². The fraction of sp³-hybridized carbons (Fsp3) is 0.417. The molecule has 0 aromatic heterocycles. The molecule has 2 fully saturated rings. The summed E-state index contributed by atoms with van der Waals surface area (Å²) >= 11 is 1.35. The molecule has 2 aromatic rings. The van der Waals surface area contributed by atoms with Crippen molar-refractivity contribution in [2.45, 2.75) is 68.4 Å². The minimum absolute atomic E-state index is 0.0837. The van der Waals surface area contributed by atoms with Crippen LogP contribution in [0.5, 0.6) is 0 Å². The highest BCUT2D eigenvalue weighted by Crippen LogP contribution is 2.52. The van der Waals surface area contributed by atoms with Crippen molar-refractivity contribution < 1.29 is 26.9 Å². The zero-order valence-electron chi connectivity index (χ0n) is 19.2. The van der Waals surface area contributed by atoms with Gasteiger partial charge < -0.3 is 9.64 Å². The highest BCUT2D eigenvalue weighted by Gasteiger charge is 2.65. The predicted molar refractivity (Wildman–Crippen MR) is 125 cm³/mol. The Hall–Kier alpha value is -2.36. The van der Waals surface area contributed by atoms with Gasteiger partial charge in [0, 0.05) is 4.75 Å². The maximum Gasteiger partial charge on any atom is 0.330 e. The van der Waals surface area contributed by atoms with E-state index >= 15 is 0 Å². The largest absolute Gasteiger partial charge is 0.459 e. The van der Waals surface area contributed by atoms with Crippen LogP contribution < -0.4 is 0 Å². The van der Waals surface area contributed by atoms with Crippen LogP contribution in [0.25, 0.3) is 0 Å². The van der Waals surface area contributed by atoms with Crippen LogP contribution in [0.4, 0.5) is 0 Å². The number of benzene rings is 2. The van der Waals surface area contributed by atoms with E-state index in [1.807, 2.05) is 51.1 Å². The summed E-state index contributed by atoms with van der Waals surface area (Å²) in [5.74, 6) is -1.04. The first kappa shape index (κ1) is 23.8. The Bertz CT molecular complexity index is 1190. The third kappa shape index (κ3) is 4.29. The van der Waals surface area contributed by atoms with Gasteiger partial charge in [-0.3, -0.25) is 4.79 Å². The molecule has 7 nitrogen and oxygen atoms in total. The van der Waals surface area contributed by atoms with E-state index in [0.29, 0.717) is 11.1 Å². The van der Waals surface area contributed by atoms with Crippen molar-refractivity contribution in [1.29, 1.82) is 0 Å². The third-order valence-corrected chi connectivity index (χ3v) is 9.08. The second kappa shape index (κ2) is 8.45. The van der Waals surface area contributed by atoms with Crippen LogP contribution in [-0.2, 0) is 35.2 Å². The number of hydrogen-bond donors (Lipinski definition) is 0. The van der Waals surface area contributed by atoms with E-state index < -0.39 is 44.3 Å². The molecule has 2 saturated heterocycles. The summed E-state index contributed by atoms with van der Waals surface area (Å²) < 4.78 is 36.4. The van der Waals surface area contributed by atoms with E-state index in [9.17, 15) is 18.0 Å². The van der Waals surface area contributed by atoms with E-state index in [1.54, 1.807) is 26.0 Å². The van der Waals surface area contributed by atoms with Crippen molar-refractivity contribution in [2.24, 2.45) is 0 Å². The van der Waals surface area contributed by atoms with E-state index in [1.165, 1.54) is 16.7 Å². The Labute approximate surface area is 198 Å². The first-order valence-electron chi connectivity index (χ1n) is 10.6. The quantitative estimate of drug-likeness (QED) is 0.349. The first-order chi connectivity index (χ1) is 15.4. The van der Waals surface area contributed by atoms with E-state index in [0.717, 1.165) is 11.1 Å². The molecule has 2 heterocycles. The number of nitrogens with zero attached hydrogens (tertiary/aromatic N) is 1. The van der Waals surface area contributed by atoms with Gasteiger partial charge in [-0.25, -0.2) is 8.98 Å². The number of carbonyl (C=O) groups is 2. The molecule has 0 spiro atoms. The smallest absolute Gasteiger partial charge is 0.330 e. The molecule has 1 amide bonds. The summed E-state index contributed by atoms with van der Waals surface area (Å²) in [4.78, 5) is 27.4. The molecule has 2 aliphatic heterocycles. The van der Waals surface area contributed by atoms with Crippen molar-refractivity contribution in [3.05, 3.63) is 64.7 Å². The Morgan fingerprint density at radius 1 is 1.09 bits per heavy atom. The molecule has 3 atom stereocenters. The molecule has 0 unspecified atom stereocenters. The summed E-state index contributed by atoms with van der Waals surface area (Å²) in [6, 6.07) is 12.0. The molecule has 0 aliphatic carbocycles. The summed E-state index contributed by atoms with van der Waals surface area (Å²) in [5, 5.41) is -0.581. The monoisotopic (exact) mass is 489 g/mol. The molecule has 2 aromatic carbocycles. The molecular formula is C24H27NO6S2. The van der Waals surface area contributed by atoms with Crippen LogP contribution in [0.1, 0.15) is 36.1 Å². The molecule has 176 valence electrons. The maximum atomic E-state index is 13.1. The molecule has 0 N–H and O–H groups in total. The average molecular weight is 490 g/mol. The number of ether oxygens (including phenoxy) is 1. The maximum absolute atomic E-state index is 13.1. The van der Waals surface area contributed by atoms with Gasteiger partial charge in [-0.1, -0.05) is 48.0 Å². The SMILES string of the molecule is Cc1cc(C)c(S(=O)(=O)O[C@@H]2C(=O)N3[C@@H]2SC(C)(C)[C@@H]3C(=O)OCc2ccccc2)c(C)c1. The second-order valence-electron chi connectivity index (χ2n) is 9.05. The number of fused-ring (bicyclic) bond motifs is 1. The standard InChI is InChI=1S/C24H27NO6S2/c1-14-11-15(2)19(16(3)12-14)33(28,29)31-18-21(26)25-20(24(4,5)32-22(18)25)23(27)30-13-17-9-7-6-8-10-17/h6-12,18,20,22H,13H2,1-5H3/t18-,20+,22-/m1/s1. The predicted octanol–water partition coefficient (Wildman–Crippen LogP) is 3.49. The number of hydrogen-bond acceptors (Lipinski definition) is 7. The topological polar surface area (TPSA) is 90.0 Å². The lowest BCUT2D eigenvalue weighted by Crippen LogP contribution is -2.66. The van der Waals surface area contributed by atoms with Gasteiger partial charge in [0.05, 0.1) is 4.90 Å². The highest BCUT2D eigenvalue weighted by atomic mass is 32.2. The lowest BCUT2D eigenvalue weighted by molar-refractivity contribution is -0.170. The normalized spacial score (nSPS) is 23.7. The molecule has 0 radical (unpaired) electrons. The molecule has 33 heavy (non-hydrogen) atoms.